The average molecular weight is 380 g/mol. The van der Waals surface area contributed by atoms with Crippen molar-refractivity contribution < 1.29 is 14.1 Å². The van der Waals surface area contributed by atoms with Crippen molar-refractivity contribution in [2.24, 2.45) is 5.92 Å². The molecular weight excluding hydrogens is 356 g/mol. The minimum atomic E-state index is -0.203. The molecule has 0 N–H and O–H groups in total. The number of amides is 1. The van der Waals surface area contributed by atoms with Crippen molar-refractivity contribution in [1.82, 2.24) is 15.0 Å². The highest BCUT2D eigenvalue weighted by Crippen LogP contribution is 2.31. The molecule has 1 amide bonds. The number of piperidine rings is 1. The van der Waals surface area contributed by atoms with E-state index in [0.29, 0.717) is 42.4 Å². The Morgan fingerprint density at radius 1 is 1.25 bits per heavy atom. The minimum Gasteiger partial charge on any atom is -0.381 e. The number of nitriles is 1. The van der Waals surface area contributed by atoms with Gasteiger partial charge >= 0.3 is 0 Å². The van der Waals surface area contributed by atoms with Crippen molar-refractivity contribution in [3.63, 3.8) is 0 Å². The van der Waals surface area contributed by atoms with E-state index < -0.39 is 0 Å². The van der Waals surface area contributed by atoms with Crippen molar-refractivity contribution >= 4 is 5.91 Å². The average Bonchev–Trinajstić information content (AvgIpc) is 3.46. The summed E-state index contributed by atoms with van der Waals surface area (Å²) in [6, 6.07) is 8.59. The Labute approximate surface area is 164 Å². The fourth-order valence-electron chi connectivity index (χ4n) is 3.49. The first kappa shape index (κ1) is 18.6. The SMILES string of the molecule is N#Cc1ccc(C(=O)N2CCCCC2c2nc(CCOCC3CC3)no2)cc1. The van der Waals surface area contributed by atoms with Gasteiger partial charge in [-0.3, -0.25) is 4.79 Å². The molecule has 1 aromatic carbocycles. The molecule has 0 bridgehead atoms. The van der Waals surface area contributed by atoms with Gasteiger partial charge in [0, 0.05) is 25.1 Å². The number of hydrogen-bond acceptors (Lipinski definition) is 6. The lowest BCUT2D eigenvalue weighted by Crippen LogP contribution is -2.38. The van der Waals surface area contributed by atoms with Gasteiger partial charge in [0.25, 0.3) is 5.91 Å². The zero-order valence-electron chi connectivity index (χ0n) is 15.8. The van der Waals surface area contributed by atoms with E-state index in [9.17, 15) is 4.79 Å². The molecule has 1 unspecified atom stereocenters. The Morgan fingerprint density at radius 2 is 2.07 bits per heavy atom. The predicted octanol–water partition coefficient (Wildman–Crippen LogP) is 3.28. The summed E-state index contributed by atoms with van der Waals surface area (Å²) < 4.78 is 11.1. The number of rotatable bonds is 7. The summed E-state index contributed by atoms with van der Waals surface area (Å²) in [7, 11) is 0. The molecule has 7 nitrogen and oxygen atoms in total. The minimum absolute atomic E-state index is 0.0679. The second kappa shape index (κ2) is 8.53. The molecule has 1 saturated carbocycles. The molecule has 1 saturated heterocycles. The third kappa shape index (κ3) is 4.39. The Balaban J connectivity index is 1.41. The highest BCUT2D eigenvalue weighted by Gasteiger charge is 2.32. The number of hydrogen-bond donors (Lipinski definition) is 0. The fraction of sp³-hybridized carbons (Fsp3) is 0.524. The van der Waals surface area contributed by atoms with Crippen molar-refractivity contribution in [1.29, 1.82) is 5.26 Å². The maximum atomic E-state index is 13.0. The summed E-state index contributed by atoms with van der Waals surface area (Å²) >= 11 is 0. The van der Waals surface area contributed by atoms with Crippen LogP contribution in [0.1, 0.15) is 65.8 Å². The van der Waals surface area contributed by atoms with Crippen molar-refractivity contribution in [2.45, 2.75) is 44.6 Å². The van der Waals surface area contributed by atoms with Crippen LogP contribution in [0.5, 0.6) is 0 Å². The number of ether oxygens (including phenoxy) is 1. The molecule has 7 heteroatoms. The Kier molecular flexibility index (Phi) is 5.68. The van der Waals surface area contributed by atoms with Gasteiger partial charge in [0.2, 0.25) is 5.89 Å². The van der Waals surface area contributed by atoms with E-state index >= 15 is 0 Å². The van der Waals surface area contributed by atoms with Gasteiger partial charge in [-0.2, -0.15) is 10.2 Å². The van der Waals surface area contributed by atoms with Crippen LogP contribution >= 0.6 is 0 Å². The van der Waals surface area contributed by atoms with E-state index in [4.69, 9.17) is 14.5 Å². The molecule has 4 rings (SSSR count). The van der Waals surface area contributed by atoms with Gasteiger partial charge < -0.3 is 14.2 Å². The molecule has 0 radical (unpaired) electrons. The zero-order valence-corrected chi connectivity index (χ0v) is 15.8. The monoisotopic (exact) mass is 380 g/mol. The van der Waals surface area contributed by atoms with Gasteiger partial charge in [-0.25, -0.2) is 0 Å². The van der Waals surface area contributed by atoms with Crippen LogP contribution in [0, 0.1) is 17.2 Å². The number of nitrogens with zero attached hydrogens (tertiary/aromatic N) is 4. The lowest BCUT2D eigenvalue weighted by Gasteiger charge is -2.33. The number of carbonyl (C=O) groups excluding carboxylic acids is 1. The first-order valence-corrected chi connectivity index (χ1v) is 9.96. The third-order valence-corrected chi connectivity index (χ3v) is 5.31. The number of carbonyl (C=O) groups is 1. The first-order valence-electron chi connectivity index (χ1n) is 9.96. The summed E-state index contributed by atoms with van der Waals surface area (Å²) in [5.41, 5.74) is 1.11. The molecule has 2 fully saturated rings. The molecule has 2 aromatic rings. The highest BCUT2D eigenvalue weighted by atomic mass is 16.5. The smallest absolute Gasteiger partial charge is 0.254 e. The zero-order chi connectivity index (χ0) is 19.3. The van der Waals surface area contributed by atoms with Gasteiger partial charge in [-0.05, 0) is 62.3 Å². The van der Waals surface area contributed by atoms with Gasteiger partial charge in [0.1, 0.15) is 6.04 Å². The van der Waals surface area contributed by atoms with Crippen LogP contribution in [0.4, 0.5) is 0 Å². The maximum Gasteiger partial charge on any atom is 0.254 e. The summed E-state index contributed by atoms with van der Waals surface area (Å²) in [5.74, 6) is 1.80. The van der Waals surface area contributed by atoms with E-state index in [-0.39, 0.29) is 11.9 Å². The van der Waals surface area contributed by atoms with Gasteiger partial charge in [0.15, 0.2) is 5.82 Å². The van der Waals surface area contributed by atoms with Crippen LogP contribution in [0.3, 0.4) is 0 Å². The lowest BCUT2D eigenvalue weighted by molar-refractivity contribution is 0.0561. The van der Waals surface area contributed by atoms with Crippen molar-refractivity contribution in [3.8, 4) is 6.07 Å². The van der Waals surface area contributed by atoms with E-state index in [0.717, 1.165) is 31.8 Å². The first-order chi connectivity index (χ1) is 13.7. The van der Waals surface area contributed by atoms with E-state index in [1.54, 1.807) is 24.3 Å². The normalized spacial score (nSPS) is 19.4. The Bertz CT molecular complexity index is 851. The van der Waals surface area contributed by atoms with Crippen LogP contribution in [-0.2, 0) is 11.2 Å². The maximum absolute atomic E-state index is 13.0. The molecule has 2 aliphatic rings. The molecule has 1 atom stereocenters. The molecule has 1 aliphatic carbocycles. The van der Waals surface area contributed by atoms with Crippen LogP contribution in [0.2, 0.25) is 0 Å². The molecule has 0 spiro atoms. The van der Waals surface area contributed by atoms with Crippen LogP contribution in [0.15, 0.2) is 28.8 Å². The van der Waals surface area contributed by atoms with Gasteiger partial charge in [0.05, 0.1) is 18.2 Å². The molecule has 2 heterocycles. The summed E-state index contributed by atoms with van der Waals surface area (Å²) in [6.45, 7) is 2.07. The summed E-state index contributed by atoms with van der Waals surface area (Å²) in [6.07, 6.45) is 5.95. The van der Waals surface area contributed by atoms with E-state index in [2.05, 4.69) is 16.2 Å². The molecule has 146 valence electrons. The van der Waals surface area contributed by atoms with Gasteiger partial charge in [-0.1, -0.05) is 5.16 Å². The second-order valence-corrected chi connectivity index (χ2v) is 7.52. The Hall–Kier alpha value is -2.72. The van der Waals surface area contributed by atoms with E-state index in [1.165, 1.54) is 12.8 Å². The lowest BCUT2D eigenvalue weighted by atomic mass is 10.0. The molecular formula is C21H24N4O3. The summed E-state index contributed by atoms with van der Waals surface area (Å²) in [4.78, 5) is 19.3. The third-order valence-electron chi connectivity index (χ3n) is 5.31. The standard InChI is InChI=1S/C21H24N4O3/c22-13-15-6-8-17(9-7-15)21(26)25-11-2-1-3-18(25)20-23-19(24-28-20)10-12-27-14-16-4-5-16/h6-9,16,18H,1-5,10-12,14H2. The van der Waals surface area contributed by atoms with Crippen molar-refractivity contribution in [2.75, 3.05) is 19.8 Å². The predicted molar refractivity (Wildman–Crippen MR) is 100 cm³/mol. The highest BCUT2D eigenvalue weighted by molar-refractivity contribution is 5.94. The Morgan fingerprint density at radius 3 is 2.82 bits per heavy atom. The molecule has 1 aliphatic heterocycles. The number of likely N-dealkylation sites (tertiary alicyclic amines) is 1. The largest absolute Gasteiger partial charge is 0.381 e. The second-order valence-electron chi connectivity index (χ2n) is 7.52. The summed E-state index contributed by atoms with van der Waals surface area (Å²) in [5, 5.41) is 13.0. The number of benzene rings is 1. The quantitative estimate of drug-likeness (QED) is 0.685. The number of aromatic nitrogens is 2. The van der Waals surface area contributed by atoms with Gasteiger partial charge in [-0.15, -0.1) is 0 Å². The van der Waals surface area contributed by atoms with Crippen LogP contribution in [0.25, 0.3) is 0 Å². The van der Waals surface area contributed by atoms with Crippen molar-refractivity contribution in [3.05, 3.63) is 47.1 Å². The van der Waals surface area contributed by atoms with Crippen LogP contribution in [-0.4, -0.2) is 40.7 Å². The van der Waals surface area contributed by atoms with E-state index in [1.807, 2.05) is 4.90 Å². The van der Waals surface area contributed by atoms with Crippen LogP contribution < -0.4 is 0 Å². The molecule has 28 heavy (non-hydrogen) atoms. The topological polar surface area (TPSA) is 92.2 Å². The fourth-order valence-corrected chi connectivity index (χ4v) is 3.49. The molecule has 1 aromatic heterocycles.